The molecular formula is C30H26P2. The Morgan fingerprint density at radius 3 is 0.844 bits per heavy atom. The molecule has 5 rings (SSSR count). The Morgan fingerprint density at radius 1 is 0.344 bits per heavy atom. The summed E-state index contributed by atoms with van der Waals surface area (Å²) in [5.41, 5.74) is 0.873. The molecule has 0 spiro atoms. The van der Waals surface area contributed by atoms with Gasteiger partial charge >= 0.3 is 0 Å². The maximum Gasteiger partial charge on any atom is 0.0162 e. The monoisotopic (exact) mass is 448 g/mol. The lowest BCUT2D eigenvalue weighted by molar-refractivity contribution is 1.06. The first-order valence-corrected chi connectivity index (χ1v) is 13.9. The molecule has 0 bridgehead atoms. The number of allylic oxidation sites excluding steroid dienone is 4. The van der Waals surface area contributed by atoms with Gasteiger partial charge in [-0.05, 0) is 37.1 Å². The van der Waals surface area contributed by atoms with Gasteiger partial charge in [-0.2, -0.15) is 0 Å². The van der Waals surface area contributed by atoms with Crippen LogP contribution in [0, 0.1) is 0 Å². The van der Waals surface area contributed by atoms with Crippen LogP contribution in [0.4, 0.5) is 0 Å². The van der Waals surface area contributed by atoms with Gasteiger partial charge in [-0.3, -0.25) is 0 Å². The van der Waals surface area contributed by atoms with E-state index in [-0.39, 0.29) is 0 Å². The van der Waals surface area contributed by atoms with Crippen molar-refractivity contribution in [2.45, 2.75) is 11.3 Å². The molecule has 156 valence electrons. The Bertz CT molecular complexity index is 993. The Balaban J connectivity index is 1.65. The van der Waals surface area contributed by atoms with E-state index in [1.165, 1.54) is 21.2 Å². The summed E-state index contributed by atoms with van der Waals surface area (Å²) in [7, 11) is -1.09. The van der Waals surface area contributed by atoms with Gasteiger partial charge in [0.25, 0.3) is 0 Å². The third-order valence-electron chi connectivity index (χ3n) is 5.81. The topological polar surface area (TPSA) is 0 Å². The molecule has 32 heavy (non-hydrogen) atoms. The Morgan fingerprint density at radius 2 is 0.594 bits per heavy atom. The van der Waals surface area contributed by atoms with E-state index < -0.39 is 15.8 Å². The van der Waals surface area contributed by atoms with Gasteiger partial charge in [-0.25, -0.2) is 0 Å². The Kier molecular flexibility index (Phi) is 6.74. The van der Waals surface area contributed by atoms with Crippen LogP contribution >= 0.6 is 15.8 Å². The van der Waals surface area contributed by atoms with Crippen LogP contribution in [0.3, 0.4) is 0 Å². The summed E-state index contributed by atoms with van der Waals surface area (Å²) in [4.78, 5) is 0. The Labute approximate surface area is 193 Å². The van der Waals surface area contributed by atoms with Crippen molar-refractivity contribution in [2.75, 3.05) is 0 Å². The van der Waals surface area contributed by atoms with Crippen LogP contribution in [0.2, 0.25) is 0 Å². The van der Waals surface area contributed by atoms with Gasteiger partial charge < -0.3 is 0 Å². The third-order valence-corrected chi connectivity index (χ3v) is 11.6. The molecule has 2 heteroatoms. The van der Waals surface area contributed by atoms with E-state index in [1.807, 2.05) is 0 Å². The largest absolute Gasteiger partial charge is 0.0755 e. The minimum atomic E-state index is -0.543. The number of hydrogen-bond donors (Lipinski definition) is 0. The van der Waals surface area contributed by atoms with Crippen LogP contribution in [0.1, 0.15) is 0 Å². The van der Waals surface area contributed by atoms with Crippen LogP contribution in [0.15, 0.2) is 146 Å². The minimum Gasteiger partial charge on any atom is -0.0755 e. The second-order valence-electron chi connectivity index (χ2n) is 7.83. The number of hydrogen-bond acceptors (Lipinski definition) is 0. The normalized spacial score (nSPS) is 17.7. The highest BCUT2D eigenvalue weighted by molar-refractivity contribution is 7.77. The molecule has 0 aliphatic heterocycles. The predicted molar refractivity (Wildman–Crippen MR) is 144 cm³/mol. The van der Waals surface area contributed by atoms with E-state index in [1.54, 1.807) is 0 Å². The molecule has 1 aliphatic carbocycles. The summed E-state index contributed by atoms with van der Waals surface area (Å²) in [6.07, 6.45) is 9.45. The molecule has 0 nitrogen and oxygen atoms in total. The van der Waals surface area contributed by atoms with Crippen molar-refractivity contribution >= 4 is 37.1 Å². The highest BCUT2D eigenvalue weighted by atomic mass is 31.1. The molecule has 0 radical (unpaired) electrons. The smallest absolute Gasteiger partial charge is 0.0162 e. The predicted octanol–water partition coefficient (Wildman–Crippen LogP) is 6.12. The molecule has 0 saturated heterocycles. The van der Waals surface area contributed by atoms with Gasteiger partial charge in [-0.15, -0.1) is 0 Å². The molecule has 4 aromatic rings. The van der Waals surface area contributed by atoms with Crippen molar-refractivity contribution in [3.8, 4) is 0 Å². The standard InChI is InChI=1S/C30H26P2/c1-5-15-25(16-6-1)31(26-17-7-2-8-18-26)29-23-13-14-24-30(29)32(27-19-9-3-10-20-27)28-21-11-4-12-22-28/h1-24,29-30H. The first-order chi connectivity index (χ1) is 15.9. The van der Waals surface area contributed by atoms with Gasteiger partial charge in [0.15, 0.2) is 0 Å². The second kappa shape index (κ2) is 10.2. The van der Waals surface area contributed by atoms with Crippen LogP contribution in [0.25, 0.3) is 0 Å². The molecule has 2 unspecified atom stereocenters. The van der Waals surface area contributed by atoms with Crippen molar-refractivity contribution in [3.05, 3.63) is 146 Å². The van der Waals surface area contributed by atoms with Crippen LogP contribution in [-0.2, 0) is 0 Å². The molecule has 4 aromatic carbocycles. The molecule has 0 heterocycles. The van der Waals surface area contributed by atoms with Crippen molar-refractivity contribution in [3.63, 3.8) is 0 Å². The highest BCUT2D eigenvalue weighted by Gasteiger charge is 2.35. The Hall–Kier alpha value is -2.78. The zero-order valence-electron chi connectivity index (χ0n) is 17.9. The summed E-state index contributed by atoms with van der Waals surface area (Å²) < 4.78 is 0. The molecular weight excluding hydrogens is 422 g/mol. The van der Waals surface area contributed by atoms with Crippen LogP contribution < -0.4 is 21.2 Å². The quantitative estimate of drug-likeness (QED) is 0.312. The van der Waals surface area contributed by atoms with Gasteiger partial charge in [0.05, 0.1) is 0 Å². The van der Waals surface area contributed by atoms with Crippen LogP contribution in [0.5, 0.6) is 0 Å². The average molecular weight is 448 g/mol. The number of rotatable bonds is 6. The zero-order valence-corrected chi connectivity index (χ0v) is 19.7. The summed E-state index contributed by atoms with van der Waals surface area (Å²) in [6, 6.07) is 44.5. The molecule has 0 amide bonds. The summed E-state index contributed by atoms with van der Waals surface area (Å²) in [5.74, 6) is 0. The van der Waals surface area contributed by atoms with Gasteiger partial charge in [0, 0.05) is 11.3 Å². The van der Waals surface area contributed by atoms with Gasteiger partial charge in [-0.1, -0.05) is 146 Å². The van der Waals surface area contributed by atoms with E-state index >= 15 is 0 Å². The minimum absolute atomic E-state index is 0.436. The molecule has 0 fully saturated rings. The first-order valence-electron chi connectivity index (χ1n) is 11.1. The van der Waals surface area contributed by atoms with Crippen molar-refractivity contribution < 1.29 is 0 Å². The summed E-state index contributed by atoms with van der Waals surface area (Å²) >= 11 is 0. The lowest BCUT2D eigenvalue weighted by atomic mass is 10.2. The second-order valence-corrected chi connectivity index (χ2v) is 12.6. The van der Waals surface area contributed by atoms with Crippen LogP contribution in [-0.4, -0.2) is 11.3 Å². The lowest BCUT2D eigenvalue weighted by Crippen LogP contribution is -2.34. The summed E-state index contributed by atoms with van der Waals surface area (Å²) in [6.45, 7) is 0. The maximum absolute atomic E-state index is 2.47. The lowest BCUT2D eigenvalue weighted by Gasteiger charge is -2.38. The maximum atomic E-state index is 2.47. The third kappa shape index (κ3) is 4.54. The van der Waals surface area contributed by atoms with E-state index in [2.05, 4.69) is 146 Å². The van der Waals surface area contributed by atoms with E-state index in [0.717, 1.165) is 0 Å². The van der Waals surface area contributed by atoms with Gasteiger partial charge in [0.2, 0.25) is 0 Å². The number of benzene rings is 4. The molecule has 0 aromatic heterocycles. The fraction of sp³-hybridized carbons (Fsp3) is 0.0667. The fourth-order valence-electron chi connectivity index (χ4n) is 4.40. The molecule has 1 aliphatic rings. The van der Waals surface area contributed by atoms with Gasteiger partial charge in [0.1, 0.15) is 0 Å². The molecule has 0 N–H and O–H groups in total. The van der Waals surface area contributed by atoms with E-state index in [0.29, 0.717) is 11.3 Å². The van der Waals surface area contributed by atoms with Crippen molar-refractivity contribution in [1.29, 1.82) is 0 Å². The summed E-state index contributed by atoms with van der Waals surface area (Å²) in [5, 5.41) is 5.78. The fourth-order valence-corrected chi connectivity index (χ4v) is 10.5. The molecule has 0 saturated carbocycles. The van der Waals surface area contributed by atoms with Crippen molar-refractivity contribution in [2.24, 2.45) is 0 Å². The highest BCUT2D eigenvalue weighted by Crippen LogP contribution is 2.53. The zero-order chi connectivity index (χ0) is 21.6. The van der Waals surface area contributed by atoms with E-state index in [4.69, 9.17) is 0 Å². The van der Waals surface area contributed by atoms with Crippen molar-refractivity contribution in [1.82, 2.24) is 0 Å². The SMILES string of the molecule is C1=CC(P(c2ccccc2)c2ccccc2)C(P(c2ccccc2)c2ccccc2)C=C1. The van der Waals surface area contributed by atoms with E-state index in [9.17, 15) is 0 Å². The first kappa shape index (κ1) is 21.1. The molecule has 2 atom stereocenters. The average Bonchev–Trinajstić information content (AvgIpc) is 2.88.